The van der Waals surface area contributed by atoms with Crippen molar-refractivity contribution in [1.29, 1.82) is 0 Å². The average Bonchev–Trinajstić information content (AvgIpc) is 2.93. The highest BCUT2D eigenvalue weighted by atomic mass is 35.5. The van der Waals surface area contributed by atoms with Crippen molar-refractivity contribution < 1.29 is 9.18 Å². The molecule has 3 rings (SSSR count). The van der Waals surface area contributed by atoms with Crippen LogP contribution in [0.15, 0.2) is 30.1 Å². The van der Waals surface area contributed by atoms with Crippen molar-refractivity contribution in [2.24, 2.45) is 7.05 Å². The molecule has 0 radical (unpaired) electrons. The van der Waals surface area contributed by atoms with E-state index in [9.17, 15) is 9.18 Å². The van der Waals surface area contributed by atoms with Crippen LogP contribution in [0.5, 0.6) is 0 Å². The summed E-state index contributed by atoms with van der Waals surface area (Å²) in [7, 11) is 1.75. The maximum absolute atomic E-state index is 13.9. The number of halogens is 2. The maximum atomic E-state index is 13.9. The third-order valence-electron chi connectivity index (χ3n) is 3.40. The van der Waals surface area contributed by atoms with Crippen molar-refractivity contribution in [3.05, 3.63) is 52.2 Å². The van der Waals surface area contributed by atoms with E-state index in [0.717, 1.165) is 0 Å². The molecule has 0 bridgehead atoms. The molecule has 1 aliphatic heterocycles. The second kappa shape index (κ2) is 5.75. The summed E-state index contributed by atoms with van der Waals surface area (Å²) < 4.78 is 15.5. The molecule has 1 aromatic heterocycles. The molecule has 23 heavy (non-hydrogen) atoms. The van der Waals surface area contributed by atoms with Gasteiger partial charge >= 0.3 is 0 Å². The van der Waals surface area contributed by atoms with E-state index < -0.39 is 5.82 Å². The maximum Gasteiger partial charge on any atom is 0.281 e. The minimum Gasteiger partial charge on any atom is -0.327 e. The minimum atomic E-state index is -0.512. The Morgan fingerprint density at radius 2 is 2.17 bits per heavy atom. The highest BCUT2D eigenvalue weighted by Gasteiger charge is 2.34. The van der Waals surface area contributed by atoms with Crippen LogP contribution >= 0.6 is 23.8 Å². The van der Waals surface area contributed by atoms with Crippen molar-refractivity contribution in [2.75, 3.05) is 4.90 Å². The van der Waals surface area contributed by atoms with Gasteiger partial charge in [-0.25, -0.2) is 9.29 Å². The number of aromatic nitrogens is 2. The molecule has 1 N–H and O–H groups in total. The molecule has 2 aromatic rings. The summed E-state index contributed by atoms with van der Waals surface area (Å²) in [6.45, 7) is 1.78. The van der Waals surface area contributed by atoms with Gasteiger partial charge in [-0.3, -0.25) is 9.48 Å². The summed E-state index contributed by atoms with van der Waals surface area (Å²) in [6, 6.07) is 4.33. The third-order valence-corrected chi connectivity index (χ3v) is 4.01. The first-order valence-corrected chi connectivity index (χ1v) is 7.48. The highest BCUT2D eigenvalue weighted by molar-refractivity contribution is 7.80. The van der Waals surface area contributed by atoms with Gasteiger partial charge in [0.2, 0.25) is 0 Å². The van der Waals surface area contributed by atoms with Crippen LogP contribution in [0.2, 0.25) is 5.02 Å². The van der Waals surface area contributed by atoms with E-state index in [-0.39, 0.29) is 27.3 Å². The zero-order valence-corrected chi connectivity index (χ0v) is 13.9. The van der Waals surface area contributed by atoms with E-state index in [4.69, 9.17) is 23.8 Å². The zero-order chi connectivity index (χ0) is 16.7. The number of hydrogen-bond acceptors (Lipinski definition) is 3. The largest absolute Gasteiger partial charge is 0.327 e. The molecule has 0 saturated carbocycles. The minimum absolute atomic E-state index is 0.137. The number of amides is 1. The van der Waals surface area contributed by atoms with Crippen molar-refractivity contribution >= 4 is 46.6 Å². The molecule has 1 saturated heterocycles. The molecule has 1 amide bonds. The van der Waals surface area contributed by atoms with Crippen molar-refractivity contribution in [3.8, 4) is 0 Å². The molecule has 0 spiro atoms. The summed E-state index contributed by atoms with van der Waals surface area (Å²) in [5.74, 6) is -0.896. The van der Waals surface area contributed by atoms with Gasteiger partial charge in [0.1, 0.15) is 11.5 Å². The van der Waals surface area contributed by atoms with E-state index in [2.05, 4.69) is 10.4 Å². The van der Waals surface area contributed by atoms with E-state index in [1.54, 1.807) is 30.9 Å². The topological polar surface area (TPSA) is 50.2 Å². The number of nitrogens with one attached hydrogen (secondary N) is 1. The normalized spacial score (nSPS) is 16.3. The van der Waals surface area contributed by atoms with Crippen LogP contribution in [-0.4, -0.2) is 20.8 Å². The Hall–Kier alpha value is -2.25. The van der Waals surface area contributed by atoms with Gasteiger partial charge in [0, 0.05) is 18.8 Å². The second-order valence-corrected chi connectivity index (χ2v) is 5.83. The number of carbonyl (C=O) groups is 1. The zero-order valence-electron chi connectivity index (χ0n) is 12.3. The summed E-state index contributed by atoms with van der Waals surface area (Å²) in [5, 5.41) is 7.42. The number of aryl methyl sites for hydroxylation is 2. The van der Waals surface area contributed by atoms with Crippen molar-refractivity contribution in [2.45, 2.75) is 6.92 Å². The number of hydrogen-bond donors (Lipinski definition) is 1. The fraction of sp³-hybridized carbons (Fsp3) is 0.133. The first-order chi connectivity index (χ1) is 10.9. The second-order valence-electron chi connectivity index (χ2n) is 5.04. The Morgan fingerprint density at radius 3 is 2.78 bits per heavy atom. The number of thiocarbonyl (C=S) groups is 1. The molecule has 5 nitrogen and oxygen atoms in total. The lowest BCUT2D eigenvalue weighted by molar-refractivity contribution is -0.113. The van der Waals surface area contributed by atoms with Gasteiger partial charge in [-0.15, -0.1) is 0 Å². The van der Waals surface area contributed by atoms with E-state index in [1.807, 2.05) is 0 Å². The van der Waals surface area contributed by atoms with E-state index >= 15 is 0 Å². The Bertz CT molecular complexity index is 841. The fourth-order valence-corrected chi connectivity index (χ4v) is 2.86. The predicted molar refractivity (Wildman–Crippen MR) is 90.6 cm³/mol. The van der Waals surface area contributed by atoms with Gasteiger partial charge in [0.15, 0.2) is 5.11 Å². The molecule has 118 valence electrons. The Morgan fingerprint density at radius 1 is 1.43 bits per heavy atom. The fourth-order valence-electron chi connectivity index (χ4n) is 2.35. The highest BCUT2D eigenvalue weighted by Crippen LogP contribution is 2.27. The molecular weight excluding hydrogens is 339 g/mol. The Kier molecular flexibility index (Phi) is 3.91. The molecular formula is C15H12ClFN4OS. The van der Waals surface area contributed by atoms with Gasteiger partial charge in [-0.1, -0.05) is 17.7 Å². The molecule has 0 unspecified atom stereocenters. The lowest BCUT2D eigenvalue weighted by Crippen LogP contribution is -2.30. The standard InChI is InChI=1S/C15H12ClFN4OS/c1-8-13(7-20(2)19-8)21-14(22)12(18-15(21)23)6-9-10(16)4-3-5-11(9)17/h3-7H,1-2H3,(H,18,23)/b12-6+. The van der Waals surface area contributed by atoms with Gasteiger partial charge in [0.25, 0.3) is 5.91 Å². The van der Waals surface area contributed by atoms with Crippen molar-refractivity contribution in [1.82, 2.24) is 15.1 Å². The SMILES string of the molecule is Cc1nn(C)cc1N1C(=O)/C(=C\c2c(F)cccc2Cl)NC1=S. The van der Waals surface area contributed by atoms with Crippen LogP contribution in [-0.2, 0) is 11.8 Å². The molecule has 0 aliphatic carbocycles. The summed E-state index contributed by atoms with van der Waals surface area (Å²) >= 11 is 11.2. The van der Waals surface area contributed by atoms with Gasteiger partial charge < -0.3 is 5.32 Å². The Balaban J connectivity index is 2.02. The van der Waals surface area contributed by atoms with Crippen LogP contribution in [0.4, 0.5) is 10.1 Å². The Labute approximate surface area is 142 Å². The average molecular weight is 351 g/mol. The number of anilines is 1. The molecule has 1 aliphatic rings. The number of benzene rings is 1. The third kappa shape index (κ3) is 2.73. The molecule has 0 atom stereocenters. The summed E-state index contributed by atoms with van der Waals surface area (Å²) in [6.07, 6.45) is 3.05. The predicted octanol–water partition coefficient (Wildman–Crippen LogP) is 2.78. The van der Waals surface area contributed by atoms with E-state index in [1.165, 1.54) is 23.1 Å². The van der Waals surface area contributed by atoms with Crippen LogP contribution in [0.25, 0.3) is 6.08 Å². The van der Waals surface area contributed by atoms with Crippen LogP contribution in [0, 0.1) is 12.7 Å². The van der Waals surface area contributed by atoms with Crippen molar-refractivity contribution in [3.63, 3.8) is 0 Å². The first-order valence-electron chi connectivity index (χ1n) is 6.70. The lowest BCUT2D eigenvalue weighted by atomic mass is 10.1. The van der Waals surface area contributed by atoms with Gasteiger partial charge in [-0.2, -0.15) is 5.10 Å². The summed E-state index contributed by atoms with van der Waals surface area (Å²) in [4.78, 5) is 13.9. The van der Waals surface area contributed by atoms with Crippen LogP contribution in [0.1, 0.15) is 11.3 Å². The van der Waals surface area contributed by atoms with Crippen LogP contribution in [0.3, 0.4) is 0 Å². The van der Waals surface area contributed by atoms with E-state index in [0.29, 0.717) is 11.4 Å². The number of carbonyl (C=O) groups excluding carboxylic acids is 1. The quantitative estimate of drug-likeness (QED) is 0.668. The van der Waals surface area contributed by atoms with Gasteiger partial charge in [-0.05, 0) is 37.4 Å². The van der Waals surface area contributed by atoms with Gasteiger partial charge in [0.05, 0.1) is 16.4 Å². The molecule has 1 fully saturated rings. The van der Waals surface area contributed by atoms with Crippen LogP contribution < -0.4 is 10.2 Å². The number of rotatable bonds is 2. The first kappa shape index (κ1) is 15.6. The summed E-state index contributed by atoms with van der Waals surface area (Å²) in [5.41, 5.74) is 1.54. The smallest absolute Gasteiger partial charge is 0.281 e. The number of nitrogens with zero attached hydrogens (tertiary/aromatic N) is 3. The molecule has 2 heterocycles. The lowest BCUT2D eigenvalue weighted by Gasteiger charge is -2.11. The molecule has 1 aromatic carbocycles. The monoisotopic (exact) mass is 350 g/mol. The molecule has 8 heteroatoms.